The lowest BCUT2D eigenvalue weighted by molar-refractivity contribution is -0.150. The number of unbranched alkanes of at least 4 members (excludes halogenated alkanes) is 10. The third kappa shape index (κ3) is 13.6. The van der Waals surface area contributed by atoms with Crippen LogP contribution in [0.25, 0.3) is 0 Å². The lowest BCUT2D eigenvalue weighted by Crippen LogP contribution is -2.36. The first-order valence-electron chi connectivity index (χ1n) is 9.99. The number of carboxylic acids is 1. The van der Waals surface area contributed by atoms with E-state index in [0.717, 1.165) is 25.7 Å². The van der Waals surface area contributed by atoms with Crippen LogP contribution in [0, 0.1) is 5.92 Å². The molecular formula is C21H40O3. The molecule has 0 rings (SSSR count). The van der Waals surface area contributed by atoms with Crippen molar-refractivity contribution >= 4 is 5.97 Å². The van der Waals surface area contributed by atoms with E-state index in [2.05, 4.69) is 19.1 Å². The number of hydrogen-bond acceptors (Lipinski definition) is 2. The molecule has 0 aliphatic carbocycles. The Bertz CT molecular complexity index is 328. The molecular weight excluding hydrogens is 300 g/mol. The van der Waals surface area contributed by atoms with Gasteiger partial charge in [-0.25, -0.2) is 0 Å². The van der Waals surface area contributed by atoms with Gasteiger partial charge in [0.15, 0.2) is 0 Å². The first kappa shape index (κ1) is 23.2. The second-order valence-electron chi connectivity index (χ2n) is 7.56. The maximum absolute atomic E-state index is 11.1. The molecule has 0 saturated carbocycles. The lowest BCUT2D eigenvalue weighted by Gasteiger charge is -2.25. The van der Waals surface area contributed by atoms with Crippen LogP contribution >= 0.6 is 0 Å². The van der Waals surface area contributed by atoms with Crippen molar-refractivity contribution in [1.29, 1.82) is 0 Å². The summed E-state index contributed by atoms with van der Waals surface area (Å²) in [7, 11) is 0. The molecule has 0 fully saturated rings. The van der Waals surface area contributed by atoms with Crippen LogP contribution in [0.3, 0.4) is 0 Å². The number of hydrogen-bond donors (Lipinski definition) is 2. The molecule has 142 valence electrons. The van der Waals surface area contributed by atoms with E-state index >= 15 is 0 Å². The van der Waals surface area contributed by atoms with Crippen molar-refractivity contribution in [2.24, 2.45) is 5.92 Å². The summed E-state index contributed by atoms with van der Waals surface area (Å²) in [4.78, 5) is 11.1. The summed E-state index contributed by atoms with van der Waals surface area (Å²) in [5.41, 5.74) is -1.13. The molecule has 1 atom stereocenters. The van der Waals surface area contributed by atoms with E-state index in [0.29, 0.717) is 6.42 Å². The number of allylic oxidation sites excluding steroid dienone is 2. The predicted molar refractivity (Wildman–Crippen MR) is 102 cm³/mol. The number of carboxylic acid groups (broad SMARTS) is 1. The predicted octanol–water partition coefficient (Wildman–Crippen LogP) is 6.11. The number of aliphatic hydroxyl groups is 1. The number of rotatable bonds is 16. The molecule has 0 heterocycles. The highest BCUT2D eigenvalue weighted by Gasteiger charge is 2.32. The standard InChI is InChI=1S/C21H40O3/c1-4-5-6-7-8-9-10-11-12-13-14-15-16-17-18-19(20(22)23)21(2,3)24/h11-12,19,24H,4-10,13-18H2,1-3H3,(H,22,23)/b12-11-. The third-order valence-electron chi connectivity index (χ3n) is 4.66. The highest BCUT2D eigenvalue weighted by Crippen LogP contribution is 2.23. The van der Waals surface area contributed by atoms with Gasteiger partial charge in [-0.3, -0.25) is 4.79 Å². The highest BCUT2D eigenvalue weighted by molar-refractivity contribution is 5.71. The summed E-state index contributed by atoms with van der Waals surface area (Å²) in [5.74, 6) is -1.55. The summed E-state index contributed by atoms with van der Waals surface area (Å²) in [6.07, 6.45) is 19.9. The summed E-state index contributed by atoms with van der Waals surface area (Å²) in [6.45, 7) is 5.42. The van der Waals surface area contributed by atoms with E-state index in [1.165, 1.54) is 51.4 Å². The van der Waals surface area contributed by atoms with Gasteiger partial charge in [0.2, 0.25) is 0 Å². The van der Waals surface area contributed by atoms with Crippen LogP contribution in [0.5, 0.6) is 0 Å². The minimum absolute atomic E-state index is 0.562. The van der Waals surface area contributed by atoms with Gasteiger partial charge in [0.1, 0.15) is 0 Å². The maximum atomic E-state index is 11.1. The van der Waals surface area contributed by atoms with Crippen LogP contribution < -0.4 is 0 Å². The molecule has 0 amide bonds. The molecule has 0 aliphatic rings. The molecule has 0 aromatic carbocycles. The van der Waals surface area contributed by atoms with Crippen molar-refractivity contribution in [2.75, 3.05) is 0 Å². The summed E-state index contributed by atoms with van der Waals surface area (Å²) in [5, 5.41) is 19.0. The third-order valence-corrected chi connectivity index (χ3v) is 4.66. The second-order valence-corrected chi connectivity index (χ2v) is 7.56. The Balaban J connectivity index is 3.47. The maximum Gasteiger partial charge on any atom is 0.309 e. The normalized spacial score (nSPS) is 13.5. The fourth-order valence-corrected chi connectivity index (χ4v) is 3.02. The average molecular weight is 341 g/mol. The van der Waals surface area contributed by atoms with Gasteiger partial charge >= 0.3 is 5.97 Å². The molecule has 0 saturated heterocycles. The van der Waals surface area contributed by atoms with Gasteiger partial charge in [-0.1, -0.05) is 70.4 Å². The van der Waals surface area contributed by atoms with Crippen molar-refractivity contribution < 1.29 is 15.0 Å². The van der Waals surface area contributed by atoms with Crippen LogP contribution in [-0.2, 0) is 4.79 Å². The first-order valence-corrected chi connectivity index (χ1v) is 9.99. The van der Waals surface area contributed by atoms with Crippen LogP contribution in [-0.4, -0.2) is 21.8 Å². The van der Waals surface area contributed by atoms with E-state index < -0.39 is 17.5 Å². The number of aliphatic carboxylic acids is 1. The second kappa shape index (κ2) is 14.5. The van der Waals surface area contributed by atoms with Gasteiger partial charge in [-0.2, -0.15) is 0 Å². The zero-order valence-corrected chi connectivity index (χ0v) is 16.2. The molecule has 1 unspecified atom stereocenters. The van der Waals surface area contributed by atoms with E-state index in [-0.39, 0.29) is 0 Å². The van der Waals surface area contributed by atoms with Crippen molar-refractivity contribution in [3.05, 3.63) is 12.2 Å². The Hall–Kier alpha value is -0.830. The Labute approximate surface area is 149 Å². The van der Waals surface area contributed by atoms with Crippen LogP contribution in [0.15, 0.2) is 12.2 Å². The van der Waals surface area contributed by atoms with Crippen molar-refractivity contribution in [3.63, 3.8) is 0 Å². The Morgan fingerprint density at radius 3 is 1.79 bits per heavy atom. The van der Waals surface area contributed by atoms with Crippen LogP contribution in [0.2, 0.25) is 0 Å². The Morgan fingerprint density at radius 1 is 0.875 bits per heavy atom. The van der Waals surface area contributed by atoms with Crippen LogP contribution in [0.4, 0.5) is 0 Å². The smallest absolute Gasteiger partial charge is 0.309 e. The van der Waals surface area contributed by atoms with E-state index in [4.69, 9.17) is 5.11 Å². The molecule has 0 radical (unpaired) electrons. The van der Waals surface area contributed by atoms with Crippen molar-refractivity contribution in [3.8, 4) is 0 Å². The largest absolute Gasteiger partial charge is 0.481 e. The zero-order valence-electron chi connectivity index (χ0n) is 16.2. The topological polar surface area (TPSA) is 57.5 Å². The van der Waals surface area contributed by atoms with Gasteiger partial charge in [-0.15, -0.1) is 0 Å². The number of carbonyl (C=O) groups is 1. The van der Waals surface area contributed by atoms with E-state index in [1.807, 2.05) is 0 Å². The molecule has 0 aromatic heterocycles. The van der Waals surface area contributed by atoms with Gasteiger partial charge in [-0.05, 0) is 46.0 Å². The van der Waals surface area contributed by atoms with Crippen molar-refractivity contribution in [1.82, 2.24) is 0 Å². The fourth-order valence-electron chi connectivity index (χ4n) is 3.02. The molecule has 0 bridgehead atoms. The zero-order chi connectivity index (χ0) is 18.3. The van der Waals surface area contributed by atoms with E-state index in [1.54, 1.807) is 13.8 Å². The molecule has 3 nitrogen and oxygen atoms in total. The van der Waals surface area contributed by atoms with Crippen LogP contribution in [0.1, 0.15) is 104 Å². The highest BCUT2D eigenvalue weighted by atomic mass is 16.4. The first-order chi connectivity index (χ1) is 11.4. The monoisotopic (exact) mass is 340 g/mol. The summed E-state index contributed by atoms with van der Waals surface area (Å²) < 4.78 is 0. The minimum atomic E-state index is -1.13. The minimum Gasteiger partial charge on any atom is -0.481 e. The lowest BCUT2D eigenvalue weighted by atomic mass is 9.86. The Kier molecular flexibility index (Phi) is 14.0. The fraction of sp³-hybridized carbons (Fsp3) is 0.857. The average Bonchev–Trinajstić information content (AvgIpc) is 2.49. The molecule has 0 aliphatic heterocycles. The molecule has 24 heavy (non-hydrogen) atoms. The summed E-state index contributed by atoms with van der Waals surface area (Å²) in [6, 6.07) is 0. The summed E-state index contributed by atoms with van der Waals surface area (Å²) >= 11 is 0. The molecule has 3 heteroatoms. The van der Waals surface area contributed by atoms with E-state index in [9.17, 15) is 9.90 Å². The quantitative estimate of drug-likeness (QED) is 0.263. The van der Waals surface area contributed by atoms with Crippen molar-refractivity contribution in [2.45, 2.75) is 110 Å². The molecule has 0 spiro atoms. The molecule has 0 aromatic rings. The van der Waals surface area contributed by atoms with Gasteiger partial charge in [0.05, 0.1) is 11.5 Å². The molecule has 2 N–H and O–H groups in total. The van der Waals surface area contributed by atoms with Gasteiger partial charge in [0.25, 0.3) is 0 Å². The van der Waals surface area contributed by atoms with Gasteiger partial charge < -0.3 is 10.2 Å². The van der Waals surface area contributed by atoms with Gasteiger partial charge in [0, 0.05) is 0 Å². The Morgan fingerprint density at radius 2 is 1.33 bits per heavy atom. The SMILES string of the molecule is CCCCCCCC/C=C\CCCCCCC(C(=O)O)C(C)(C)O.